The average molecular weight is 400 g/mol. The lowest BCUT2D eigenvalue weighted by Crippen LogP contribution is -2.25. The van der Waals surface area contributed by atoms with Gasteiger partial charge in [0.1, 0.15) is 11.5 Å². The minimum absolute atomic E-state index is 0.176. The molecule has 0 atom stereocenters. The highest BCUT2D eigenvalue weighted by atomic mass is 16.5. The van der Waals surface area contributed by atoms with Crippen LogP contribution in [0.25, 0.3) is 0 Å². The van der Waals surface area contributed by atoms with E-state index in [0.29, 0.717) is 35.7 Å². The molecule has 8 heteroatoms. The van der Waals surface area contributed by atoms with Crippen LogP contribution in [0.15, 0.2) is 42.5 Å². The van der Waals surface area contributed by atoms with Crippen molar-refractivity contribution in [2.75, 3.05) is 33.2 Å². The molecule has 0 aliphatic carbocycles. The first-order valence-electron chi connectivity index (χ1n) is 8.97. The second kappa shape index (κ2) is 10.7. The summed E-state index contributed by atoms with van der Waals surface area (Å²) in [6.45, 7) is 0.338. The number of ether oxygens (including phenoxy) is 3. The quantitative estimate of drug-likeness (QED) is 0.496. The van der Waals surface area contributed by atoms with Gasteiger partial charge in [-0.25, -0.2) is 4.79 Å². The molecule has 0 heterocycles. The summed E-state index contributed by atoms with van der Waals surface area (Å²) in [5.74, 6) is 0.0638. The summed E-state index contributed by atoms with van der Waals surface area (Å²) in [6, 6.07) is 11.5. The van der Waals surface area contributed by atoms with Crippen molar-refractivity contribution in [3.05, 3.63) is 53.6 Å². The molecule has 0 unspecified atom stereocenters. The first kappa shape index (κ1) is 21.7. The number of carbonyl (C=O) groups excluding carboxylic acids is 3. The molecule has 2 amide bonds. The van der Waals surface area contributed by atoms with Gasteiger partial charge in [0.05, 0.1) is 32.6 Å². The van der Waals surface area contributed by atoms with E-state index in [2.05, 4.69) is 10.6 Å². The van der Waals surface area contributed by atoms with E-state index >= 15 is 0 Å². The zero-order valence-corrected chi connectivity index (χ0v) is 16.6. The van der Waals surface area contributed by atoms with Gasteiger partial charge in [0.2, 0.25) is 5.91 Å². The number of rotatable bonds is 9. The van der Waals surface area contributed by atoms with Gasteiger partial charge in [-0.3, -0.25) is 9.59 Å². The summed E-state index contributed by atoms with van der Waals surface area (Å²) in [4.78, 5) is 36.2. The molecule has 0 aliphatic rings. The Bertz CT molecular complexity index is 864. The number of esters is 1. The van der Waals surface area contributed by atoms with Crippen molar-refractivity contribution in [1.29, 1.82) is 0 Å². The van der Waals surface area contributed by atoms with E-state index in [1.54, 1.807) is 43.5 Å². The van der Waals surface area contributed by atoms with E-state index in [1.807, 2.05) is 0 Å². The number of carbonyl (C=O) groups is 3. The summed E-state index contributed by atoms with van der Waals surface area (Å²) in [5, 5.41) is 5.45. The van der Waals surface area contributed by atoms with Gasteiger partial charge in [-0.15, -0.1) is 0 Å². The van der Waals surface area contributed by atoms with E-state index in [9.17, 15) is 14.4 Å². The Morgan fingerprint density at radius 1 is 0.897 bits per heavy atom. The number of amides is 2. The maximum Gasteiger partial charge on any atom is 0.340 e. The van der Waals surface area contributed by atoms with Gasteiger partial charge in [-0.2, -0.15) is 0 Å². The second-order valence-electron chi connectivity index (χ2n) is 6.04. The Labute approximate surface area is 169 Å². The molecule has 29 heavy (non-hydrogen) atoms. The maximum atomic E-state index is 12.2. The third kappa shape index (κ3) is 6.24. The molecule has 0 fully saturated rings. The zero-order chi connectivity index (χ0) is 21.2. The second-order valence-corrected chi connectivity index (χ2v) is 6.04. The first-order chi connectivity index (χ1) is 14.0. The lowest BCUT2D eigenvalue weighted by atomic mass is 10.1. The van der Waals surface area contributed by atoms with Gasteiger partial charge in [0, 0.05) is 18.5 Å². The van der Waals surface area contributed by atoms with Crippen LogP contribution in [0.2, 0.25) is 0 Å². The van der Waals surface area contributed by atoms with Crippen LogP contribution in [0.4, 0.5) is 5.69 Å². The third-order valence-corrected chi connectivity index (χ3v) is 4.12. The molecule has 2 rings (SSSR count). The monoisotopic (exact) mass is 400 g/mol. The van der Waals surface area contributed by atoms with Crippen LogP contribution >= 0.6 is 0 Å². The molecule has 0 aromatic heterocycles. The van der Waals surface area contributed by atoms with Gasteiger partial charge < -0.3 is 24.8 Å². The van der Waals surface area contributed by atoms with Crippen LogP contribution in [0.5, 0.6) is 11.5 Å². The molecule has 0 bridgehead atoms. The van der Waals surface area contributed by atoms with Crippen molar-refractivity contribution in [1.82, 2.24) is 5.32 Å². The molecule has 0 saturated heterocycles. The molecule has 0 spiro atoms. The number of methoxy groups -OCH3 is 3. The zero-order valence-electron chi connectivity index (χ0n) is 16.6. The van der Waals surface area contributed by atoms with Crippen molar-refractivity contribution in [3.63, 3.8) is 0 Å². The van der Waals surface area contributed by atoms with E-state index < -0.39 is 5.97 Å². The molecular weight excluding hydrogens is 376 g/mol. The van der Waals surface area contributed by atoms with Crippen molar-refractivity contribution in [3.8, 4) is 11.5 Å². The Morgan fingerprint density at radius 3 is 2.17 bits per heavy atom. The first-order valence-corrected chi connectivity index (χ1v) is 8.97. The van der Waals surface area contributed by atoms with Crippen molar-refractivity contribution in [2.24, 2.45) is 0 Å². The van der Waals surface area contributed by atoms with Gasteiger partial charge in [0.15, 0.2) is 0 Å². The molecule has 0 saturated carbocycles. The van der Waals surface area contributed by atoms with E-state index in [0.717, 1.165) is 0 Å². The molecule has 2 N–H and O–H groups in total. The average Bonchev–Trinajstić information content (AvgIpc) is 2.76. The van der Waals surface area contributed by atoms with Crippen molar-refractivity contribution >= 4 is 23.5 Å². The minimum atomic E-state index is -0.578. The molecule has 2 aromatic carbocycles. The summed E-state index contributed by atoms with van der Waals surface area (Å²) < 4.78 is 14.9. The van der Waals surface area contributed by atoms with E-state index in [1.165, 1.54) is 20.3 Å². The normalized spacial score (nSPS) is 10.0. The Balaban J connectivity index is 1.84. The van der Waals surface area contributed by atoms with Crippen LogP contribution in [-0.2, 0) is 9.53 Å². The van der Waals surface area contributed by atoms with Crippen molar-refractivity contribution in [2.45, 2.75) is 12.8 Å². The summed E-state index contributed by atoms with van der Waals surface area (Å²) in [6.07, 6.45) is 0.618. The lowest BCUT2D eigenvalue weighted by molar-refractivity contribution is -0.116. The number of hydrogen-bond donors (Lipinski definition) is 2. The molecule has 0 aliphatic heterocycles. The fraction of sp³-hybridized carbons (Fsp3) is 0.286. The predicted molar refractivity (Wildman–Crippen MR) is 108 cm³/mol. The van der Waals surface area contributed by atoms with Crippen LogP contribution in [0.3, 0.4) is 0 Å². The topological polar surface area (TPSA) is 103 Å². The number of nitrogens with one attached hydrogen (secondary N) is 2. The van der Waals surface area contributed by atoms with E-state index in [4.69, 9.17) is 14.2 Å². The highest BCUT2D eigenvalue weighted by Gasteiger charge is 2.15. The third-order valence-electron chi connectivity index (χ3n) is 4.12. The summed E-state index contributed by atoms with van der Waals surface area (Å²) >= 11 is 0. The molecule has 0 radical (unpaired) electrons. The fourth-order valence-electron chi connectivity index (χ4n) is 2.55. The highest BCUT2D eigenvalue weighted by Crippen LogP contribution is 2.23. The fourth-order valence-corrected chi connectivity index (χ4v) is 2.55. The Kier molecular flexibility index (Phi) is 8.02. The van der Waals surface area contributed by atoms with Crippen LogP contribution in [0.1, 0.15) is 33.6 Å². The Hall–Kier alpha value is -3.55. The van der Waals surface area contributed by atoms with Crippen LogP contribution < -0.4 is 20.1 Å². The lowest BCUT2D eigenvalue weighted by Gasteiger charge is -2.11. The van der Waals surface area contributed by atoms with Gasteiger partial charge >= 0.3 is 5.97 Å². The van der Waals surface area contributed by atoms with Crippen molar-refractivity contribution < 1.29 is 28.6 Å². The highest BCUT2D eigenvalue weighted by molar-refractivity contribution is 6.01. The van der Waals surface area contributed by atoms with Crippen LogP contribution in [0, 0.1) is 0 Å². The van der Waals surface area contributed by atoms with Gasteiger partial charge in [-0.1, -0.05) is 0 Å². The number of benzene rings is 2. The SMILES string of the molecule is COC(=O)c1cc(OC)ccc1NC(=O)CCCNC(=O)c1ccc(OC)cc1. The molecule has 8 nitrogen and oxygen atoms in total. The minimum Gasteiger partial charge on any atom is -0.497 e. The van der Waals surface area contributed by atoms with E-state index in [-0.39, 0.29) is 23.8 Å². The van der Waals surface area contributed by atoms with Gasteiger partial charge in [-0.05, 0) is 48.9 Å². The predicted octanol–water partition coefficient (Wildman–Crippen LogP) is 2.64. The Morgan fingerprint density at radius 2 is 1.55 bits per heavy atom. The summed E-state index contributed by atoms with van der Waals surface area (Å²) in [7, 11) is 4.30. The summed E-state index contributed by atoms with van der Waals surface area (Å²) in [5.41, 5.74) is 1.05. The molecule has 2 aromatic rings. The standard InChI is InChI=1S/C21H24N2O6/c1-27-15-8-6-14(7-9-15)20(25)22-12-4-5-19(24)23-18-11-10-16(28-2)13-17(18)21(26)29-3/h6-11,13H,4-5,12H2,1-3H3,(H,22,25)(H,23,24). The number of hydrogen-bond acceptors (Lipinski definition) is 6. The van der Waals surface area contributed by atoms with Gasteiger partial charge in [0.25, 0.3) is 5.91 Å². The van der Waals surface area contributed by atoms with Crippen LogP contribution in [-0.4, -0.2) is 45.7 Å². The largest absolute Gasteiger partial charge is 0.497 e. The number of anilines is 1. The molecule has 154 valence electrons. The smallest absolute Gasteiger partial charge is 0.340 e. The maximum absolute atomic E-state index is 12.2. The molecular formula is C21H24N2O6.